The molecule has 4 nitrogen and oxygen atoms in total. The summed E-state index contributed by atoms with van der Waals surface area (Å²) in [4.78, 5) is 23.4. The molecule has 12 heavy (non-hydrogen) atoms. The van der Waals surface area contributed by atoms with E-state index < -0.39 is 11.9 Å². The van der Waals surface area contributed by atoms with Crippen molar-refractivity contribution in [1.29, 1.82) is 0 Å². The van der Waals surface area contributed by atoms with Crippen LogP contribution in [-0.4, -0.2) is 29.3 Å². The van der Waals surface area contributed by atoms with E-state index in [1.165, 1.54) is 11.0 Å². The molecule has 4 heteroatoms. The molecule has 2 N–H and O–H groups in total. The van der Waals surface area contributed by atoms with Gasteiger partial charge in [-0.3, -0.25) is 9.59 Å². The van der Waals surface area contributed by atoms with Gasteiger partial charge in [0, 0.05) is 13.0 Å². The standard InChI is InChI=1S/C8H12N2O2/c1-2-6(8(9)12)10-5-3-4-7(10)11/h2,6H,1,3-5H2,(H2,9,12)/t6-/m0/s1. The molecule has 1 aliphatic rings. The normalized spacial score (nSPS) is 19.3. The lowest BCUT2D eigenvalue weighted by molar-refractivity contribution is -0.134. The molecular weight excluding hydrogens is 156 g/mol. The molecule has 0 saturated carbocycles. The number of nitrogens with two attached hydrogens (primary N) is 1. The van der Waals surface area contributed by atoms with Crippen LogP contribution in [-0.2, 0) is 9.59 Å². The number of likely N-dealkylation sites (tertiary alicyclic amines) is 1. The first kappa shape index (κ1) is 8.77. The molecule has 2 amide bonds. The quantitative estimate of drug-likeness (QED) is 0.585. The number of nitrogens with zero attached hydrogens (tertiary/aromatic N) is 1. The van der Waals surface area contributed by atoms with Crippen LogP contribution in [0, 0.1) is 0 Å². The topological polar surface area (TPSA) is 63.4 Å². The SMILES string of the molecule is C=C[C@@H](C(N)=O)N1CCCC1=O. The average molecular weight is 168 g/mol. The Kier molecular flexibility index (Phi) is 2.47. The lowest BCUT2D eigenvalue weighted by Gasteiger charge is -2.21. The van der Waals surface area contributed by atoms with E-state index >= 15 is 0 Å². The molecule has 1 saturated heterocycles. The van der Waals surface area contributed by atoms with Crippen molar-refractivity contribution in [2.45, 2.75) is 18.9 Å². The molecule has 1 heterocycles. The molecule has 0 aromatic carbocycles. The zero-order valence-corrected chi connectivity index (χ0v) is 6.82. The zero-order valence-electron chi connectivity index (χ0n) is 6.82. The van der Waals surface area contributed by atoms with Gasteiger partial charge in [-0.05, 0) is 6.42 Å². The Morgan fingerprint density at radius 2 is 2.42 bits per heavy atom. The lowest BCUT2D eigenvalue weighted by atomic mass is 10.2. The molecule has 0 aromatic heterocycles. The van der Waals surface area contributed by atoms with E-state index in [0.717, 1.165) is 6.42 Å². The highest BCUT2D eigenvalue weighted by Crippen LogP contribution is 2.13. The maximum absolute atomic E-state index is 11.1. The second-order valence-corrected chi connectivity index (χ2v) is 2.77. The Labute approximate surface area is 71.0 Å². The number of hydrogen-bond acceptors (Lipinski definition) is 2. The number of carbonyl (C=O) groups is 2. The fourth-order valence-corrected chi connectivity index (χ4v) is 1.36. The maximum Gasteiger partial charge on any atom is 0.244 e. The van der Waals surface area contributed by atoms with E-state index in [1.807, 2.05) is 0 Å². The Hall–Kier alpha value is -1.32. The predicted molar refractivity (Wildman–Crippen MR) is 44.1 cm³/mol. The first-order valence-corrected chi connectivity index (χ1v) is 3.88. The third-order valence-electron chi connectivity index (χ3n) is 1.96. The predicted octanol–water partition coefficient (Wildman–Crippen LogP) is -0.351. The van der Waals surface area contributed by atoms with E-state index in [9.17, 15) is 9.59 Å². The highest BCUT2D eigenvalue weighted by atomic mass is 16.2. The van der Waals surface area contributed by atoms with E-state index in [4.69, 9.17) is 5.73 Å². The first-order chi connectivity index (χ1) is 5.66. The minimum Gasteiger partial charge on any atom is -0.368 e. The monoisotopic (exact) mass is 168 g/mol. The van der Waals surface area contributed by atoms with Crippen LogP contribution in [0.3, 0.4) is 0 Å². The van der Waals surface area contributed by atoms with Crippen LogP contribution < -0.4 is 5.73 Å². The summed E-state index contributed by atoms with van der Waals surface area (Å²) in [7, 11) is 0. The molecule has 0 bridgehead atoms. The highest BCUT2D eigenvalue weighted by molar-refractivity contribution is 5.89. The molecule has 1 rings (SSSR count). The van der Waals surface area contributed by atoms with Crippen LogP contribution in [0.5, 0.6) is 0 Å². The third-order valence-corrected chi connectivity index (χ3v) is 1.96. The van der Waals surface area contributed by atoms with Gasteiger partial charge in [-0.25, -0.2) is 0 Å². The molecule has 0 radical (unpaired) electrons. The van der Waals surface area contributed by atoms with E-state index in [1.54, 1.807) is 0 Å². The summed E-state index contributed by atoms with van der Waals surface area (Å²) >= 11 is 0. The Morgan fingerprint density at radius 3 is 2.75 bits per heavy atom. The van der Waals surface area contributed by atoms with Gasteiger partial charge < -0.3 is 10.6 Å². The number of amides is 2. The van der Waals surface area contributed by atoms with Crippen LogP contribution in [0.4, 0.5) is 0 Å². The van der Waals surface area contributed by atoms with Crippen molar-refractivity contribution in [3.05, 3.63) is 12.7 Å². The van der Waals surface area contributed by atoms with Crippen LogP contribution in [0.1, 0.15) is 12.8 Å². The summed E-state index contributed by atoms with van der Waals surface area (Å²) in [5.41, 5.74) is 5.09. The first-order valence-electron chi connectivity index (χ1n) is 3.88. The van der Waals surface area contributed by atoms with Crippen molar-refractivity contribution in [2.75, 3.05) is 6.54 Å². The molecule has 1 aliphatic heterocycles. The molecular formula is C8H12N2O2. The summed E-state index contributed by atoms with van der Waals surface area (Å²) in [5, 5.41) is 0. The number of carbonyl (C=O) groups excluding carboxylic acids is 2. The molecule has 1 fully saturated rings. The van der Waals surface area contributed by atoms with Crippen LogP contribution >= 0.6 is 0 Å². The second-order valence-electron chi connectivity index (χ2n) is 2.77. The van der Waals surface area contributed by atoms with Gasteiger partial charge >= 0.3 is 0 Å². The van der Waals surface area contributed by atoms with E-state index in [-0.39, 0.29) is 5.91 Å². The van der Waals surface area contributed by atoms with E-state index in [2.05, 4.69) is 6.58 Å². The summed E-state index contributed by atoms with van der Waals surface area (Å²) in [6.07, 6.45) is 2.72. The van der Waals surface area contributed by atoms with Gasteiger partial charge in [0.05, 0.1) is 0 Å². The molecule has 1 atom stereocenters. The van der Waals surface area contributed by atoms with Crippen molar-refractivity contribution in [3.63, 3.8) is 0 Å². The van der Waals surface area contributed by atoms with Crippen molar-refractivity contribution >= 4 is 11.8 Å². The Balaban J connectivity index is 2.71. The van der Waals surface area contributed by atoms with Gasteiger partial charge in [-0.1, -0.05) is 6.08 Å². The maximum atomic E-state index is 11.1. The lowest BCUT2D eigenvalue weighted by Crippen LogP contribution is -2.43. The van der Waals surface area contributed by atoms with Crippen LogP contribution in [0.25, 0.3) is 0 Å². The average Bonchev–Trinajstić information content (AvgIpc) is 2.38. The summed E-state index contributed by atoms with van der Waals surface area (Å²) < 4.78 is 0. The highest BCUT2D eigenvalue weighted by Gasteiger charge is 2.28. The largest absolute Gasteiger partial charge is 0.368 e. The van der Waals surface area contributed by atoms with Gasteiger partial charge in [0.2, 0.25) is 11.8 Å². The molecule has 0 aromatic rings. The van der Waals surface area contributed by atoms with Crippen LogP contribution in [0.15, 0.2) is 12.7 Å². The van der Waals surface area contributed by atoms with Gasteiger partial charge in [-0.2, -0.15) is 0 Å². The fourth-order valence-electron chi connectivity index (χ4n) is 1.36. The van der Waals surface area contributed by atoms with Crippen LogP contribution in [0.2, 0.25) is 0 Å². The van der Waals surface area contributed by atoms with Crippen molar-refractivity contribution in [1.82, 2.24) is 4.90 Å². The van der Waals surface area contributed by atoms with Gasteiger partial charge in [0.15, 0.2) is 0 Å². The minimum atomic E-state index is -0.625. The molecule has 0 aliphatic carbocycles. The van der Waals surface area contributed by atoms with E-state index in [0.29, 0.717) is 13.0 Å². The Morgan fingerprint density at radius 1 is 1.75 bits per heavy atom. The number of hydrogen-bond donors (Lipinski definition) is 1. The molecule has 0 unspecified atom stereocenters. The smallest absolute Gasteiger partial charge is 0.244 e. The number of primary amides is 1. The third kappa shape index (κ3) is 1.47. The summed E-state index contributed by atoms with van der Waals surface area (Å²) in [6.45, 7) is 4.08. The van der Waals surface area contributed by atoms with Crippen molar-refractivity contribution in [2.24, 2.45) is 5.73 Å². The number of rotatable bonds is 3. The van der Waals surface area contributed by atoms with Gasteiger partial charge in [-0.15, -0.1) is 6.58 Å². The van der Waals surface area contributed by atoms with Crippen molar-refractivity contribution < 1.29 is 9.59 Å². The minimum absolute atomic E-state index is 0.0151. The molecule has 0 spiro atoms. The summed E-state index contributed by atoms with van der Waals surface area (Å²) in [5.74, 6) is -0.529. The zero-order chi connectivity index (χ0) is 9.14. The second kappa shape index (κ2) is 3.38. The Bertz CT molecular complexity index is 225. The van der Waals surface area contributed by atoms with Gasteiger partial charge in [0.25, 0.3) is 0 Å². The molecule has 66 valence electrons. The van der Waals surface area contributed by atoms with Gasteiger partial charge in [0.1, 0.15) is 6.04 Å². The van der Waals surface area contributed by atoms with Crippen molar-refractivity contribution in [3.8, 4) is 0 Å². The fraction of sp³-hybridized carbons (Fsp3) is 0.500. The summed E-state index contributed by atoms with van der Waals surface area (Å²) in [6, 6.07) is -0.625.